The number of rotatable bonds is 13. The van der Waals surface area contributed by atoms with Gasteiger partial charge in [0.05, 0.1) is 43.9 Å². The van der Waals surface area contributed by atoms with Gasteiger partial charge >= 0.3 is 17.6 Å². The Morgan fingerprint density at radius 2 is 1.56 bits per heavy atom. The van der Waals surface area contributed by atoms with E-state index in [2.05, 4.69) is 9.97 Å². The maximum absolute atomic E-state index is 12.3. The predicted molar refractivity (Wildman–Crippen MR) is 147 cm³/mol. The van der Waals surface area contributed by atoms with Gasteiger partial charge in [-0.1, -0.05) is 0 Å². The van der Waals surface area contributed by atoms with Crippen molar-refractivity contribution in [1.29, 1.82) is 0 Å². The van der Waals surface area contributed by atoms with Crippen molar-refractivity contribution in [3.05, 3.63) is 56.8 Å². The second kappa shape index (κ2) is 18.2. The second-order valence-corrected chi connectivity index (χ2v) is 8.59. The van der Waals surface area contributed by atoms with Crippen LogP contribution in [-0.2, 0) is 34.9 Å². The zero-order chi connectivity index (χ0) is 30.9. The molecule has 0 aromatic carbocycles. The molecular weight excluding hydrogens is 542 g/mol. The van der Waals surface area contributed by atoms with Gasteiger partial charge in [-0.3, -0.25) is 18.9 Å². The lowest BCUT2D eigenvalue weighted by atomic mass is 10.2. The quantitative estimate of drug-likeness (QED) is 0.239. The Kier molecular flexibility index (Phi) is 15.5. The Balaban J connectivity index is 0.000000341. The van der Waals surface area contributed by atoms with Gasteiger partial charge in [0.15, 0.2) is 11.2 Å². The number of aromatic nitrogens is 5. The van der Waals surface area contributed by atoms with Gasteiger partial charge < -0.3 is 34.2 Å². The van der Waals surface area contributed by atoms with Crippen molar-refractivity contribution < 1.29 is 39.2 Å². The van der Waals surface area contributed by atoms with Crippen LogP contribution >= 0.6 is 0 Å². The number of carbonyl (C=O) groups is 3. The molecule has 3 rings (SSSR count). The molecule has 41 heavy (non-hydrogen) atoms. The fourth-order valence-electron chi connectivity index (χ4n) is 3.34. The van der Waals surface area contributed by atoms with Crippen molar-refractivity contribution in [2.24, 2.45) is 14.1 Å². The lowest BCUT2D eigenvalue weighted by molar-refractivity contribution is -0.117. The van der Waals surface area contributed by atoms with Crippen LogP contribution in [0.25, 0.3) is 11.2 Å². The van der Waals surface area contributed by atoms with Crippen LogP contribution in [0.3, 0.4) is 0 Å². The average molecular weight is 580 g/mol. The normalized spacial score (nSPS) is 10.4. The lowest BCUT2D eigenvalue weighted by Crippen LogP contribution is -2.39. The fraction of sp³-hybridized carbons (Fsp3) is 0.500. The van der Waals surface area contributed by atoms with Crippen molar-refractivity contribution in [3.63, 3.8) is 0 Å². The molecule has 0 saturated carbocycles. The largest absolute Gasteiger partial charge is 0.478 e. The molecule has 3 aromatic rings. The number of nitrogens with zero attached hydrogens (tertiary/aromatic N) is 5. The number of fused-ring (bicyclic) bond motifs is 1. The number of pyridine rings is 1. The summed E-state index contributed by atoms with van der Waals surface area (Å²) >= 11 is 0. The fourth-order valence-corrected chi connectivity index (χ4v) is 3.34. The molecule has 15 heteroatoms. The highest BCUT2D eigenvalue weighted by Gasteiger charge is 2.14. The summed E-state index contributed by atoms with van der Waals surface area (Å²) in [6.45, 7) is 6.21. The van der Waals surface area contributed by atoms with Gasteiger partial charge in [-0.2, -0.15) is 0 Å². The number of carboxylic acids is 2. The van der Waals surface area contributed by atoms with Crippen LogP contribution in [0, 0.1) is 0 Å². The Labute approximate surface area is 235 Å². The topological polar surface area (TPSA) is 205 Å². The van der Waals surface area contributed by atoms with E-state index in [0.717, 1.165) is 25.1 Å². The van der Waals surface area contributed by atoms with Gasteiger partial charge in [0.2, 0.25) is 0 Å². The second-order valence-electron chi connectivity index (χ2n) is 8.59. The number of aromatic carboxylic acids is 2. The molecule has 226 valence electrons. The van der Waals surface area contributed by atoms with Gasteiger partial charge in [0, 0.05) is 46.1 Å². The van der Waals surface area contributed by atoms with E-state index in [9.17, 15) is 24.0 Å². The lowest BCUT2D eigenvalue weighted by Gasteiger charge is -2.08. The van der Waals surface area contributed by atoms with Gasteiger partial charge in [-0.15, -0.1) is 0 Å². The molecule has 0 atom stereocenters. The van der Waals surface area contributed by atoms with Crippen LogP contribution < -0.4 is 11.2 Å². The molecule has 0 radical (unpaired) electrons. The summed E-state index contributed by atoms with van der Waals surface area (Å²) < 4.78 is 14.1. The average Bonchev–Trinajstić information content (AvgIpc) is 3.33. The summed E-state index contributed by atoms with van der Waals surface area (Å²) in [5, 5.41) is 25.2. The van der Waals surface area contributed by atoms with Crippen LogP contribution in [0.1, 0.15) is 53.8 Å². The van der Waals surface area contributed by atoms with Crippen molar-refractivity contribution in [3.8, 4) is 0 Å². The van der Waals surface area contributed by atoms with E-state index < -0.39 is 11.9 Å². The molecule has 0 spiro atoms. The number of carboxylic acid groups (broad SMARTS) is 2. The van der Waals surface area contributed by atoms with E-state index in [4.69, 9.17) is 24.8 Å². The van der Waals surface area contributed by atoms with Gasteiger partial charge in [-0.25, -0.2) is 19.4 Å². The van der Waals surface area contributed by atoms with Gasteiger partial charge in [-0.05, 0) is 32.8 Å². The minimum Gasteiger partial charge on any atom is -0.478 e. The molecule has 0 fully saturated rings. The number of unbranched alkanes of at least 4 members (excludes halogenated alkanes) is 1. The summed E-state index contributed by atoms with van der Waals surface area (Å²) in [5.74, 6) is -2.26. The zero-order valence-electron chi connectivity index (χ0n) is 23.6. The monoisotopic (exact) mass is 579 g/mol. The molecule has 0 amide bonds. The van der Waals surface area contributed by atoms with Crippen LogP contribution in [0.15, 0.2) is 34.4 Å². The first-order chi connectivity index (χ1) is 19.5. The number of carbonyl (C=O) groups excluding carboxylic acids is 1. The van der Waals surface area contributed by atoms with Crippen LogP contribution in [0.5, 0.6) is 0 Å². The number of ketones is 1. The third kappa shape index (κ3) is 11.4. The van der Waals surface area contributed by atoms with E-state index in [0.29, 0.717) is 56.8 Å². The number of hydrogen-bond acceptors (Lipinski definition) is 10. The minimum atomic E-state index is -1.19. The molecule has 3 aromatic heterocycles. The van der Waals surface area contributed by atoms with Crippen LogP contribution in [-0.4, -0.2) is 89.7 Å². The maximum Gasteiger partial charge on any atom is 0.337 e. The Morgan fingerprint density at radius 1 is 0.951 bits per heavy atom. The molecule has 3 N–H and O–H groups in total. The molecule has 15 nitrogen and oxygen atoms in total. The number of aryl methyl sites for hydroxylation is 2. The molecule has 0 saturated heterocycles. The van der Waals surface area contributed by atoms with Crippen molar-refractivity contribution in [2.45, 2.75) is 39.7 Å². The van der Waals surface area contributed by atoms with Crippen molar-refractivity contribution >= 4 is 28.9 Å². The van der Waals surface area contributed by atoms with E-state index >= 15 is 0 Å². The summed E-state index contributed by atoms with van der Waals surface area (Å²) in [7, 11) is 3.32. The molecule has 0 bridgehead atoms. The van der Waals surface area contributed by atoms with Crippen LogP contribution in [0.2, 0.25) is 0 Å². The highest BCUT2D eigenvalue weighted by atomic mass is 16.5. The molecule has 0 aliphatic rings. The first-order valence-corrected chi connectivity index (χ1v) is 12.7. The van der Waals surface area contributed by atoms with Gasteiger partial charge in [0.1, 0.15) is 5.78 Å². The number of ether oxygens (including phenoxy) is 2. The number of hydrogen-bond donors (Lipinski definition) is 3. The third-order valence-corrected chi connectivity index (χ3v) is 5.41. The van der Waals surface area contributed by atoms with Gasteiger partial charge in [0.25, 0.3) is 5.56 Å². The smallest absolute Gasteiger partial charge is 0.337 e. The van der Waals surface area contributed by atoms with Crippen molar-refractivity contribution in [1.82, 2.24) is 23.7 Å². The number of Topliss-reactive ketones (excluding diaryl/α,β-unsaturated/α-hetero) is 1. The maximum atomic E-state index is 12.3. The summed E-state index contributed by atoms with van der Waals surface area (Å²) in [4.78, 5) is 63.6. The summed E-state index contributed by atoms with van der Waals surface area (Å²) in [6, 6.07) is 1.05. The molecule has 0 aliphatic carbocycles. The highest BCUT2D eigenvalue weighted by molar-refractivity contribution is 5.92. The molecular formula is C26H37N5O10. The number of imidazole rings is 1. The zero-order valence-corrected chi connectivity index (χ0v) is 23.6. The Morgan fingerprint density at radius 3 is 2.10 bits per heavy atom. The number of aliphatic hydroxyl groups excluding tert-OH is 1. The van der Waals surface area contributed by atoms with E-state index in [1.54, 1.807) is 18.7 Å². The minimum absolute atomic E-state index is 0.0894. The summed E-state index contributed by atoms with van der Waals surface area (Å²) in [6.07, 6.45) is 5.48. The first kappa shape index (κ1) is 34.8. The predicted octanol–water partition coefficient (Wildman–Crippen LogP) is 0.703. The molecule has 3 heterocycles. The molecule has 0 unspecified atom stereocenters. The van der Waals surface area contributed by atoms with E-state index in [1.807, 2.05) is 6.92 Å². The van der Waals surface area contributed by atoms with E-state index in [-0.39, 0.29) is 34.8 Å². The number of aliphatic hydroxyl groups is 1. The standard InChI is InChI=1S/C13H18N4O3.C7H5NO4.C6H14O3/c1-9(18)6-4-5-7-17-12(19)10-11(14-8-15(10)2)16(3)13(17)20;9-6(10)4-1-5(7(11)12)3-8-2-4;1-2-8-5-6-9-4-3-7/h8H,4-7H2,1-3H3;1-3H,(H,9,10)(H,11,12);7H,2-6H2,1H3. The van der Waals surface area contributed by atoms with Crippen LogP contribution in [0.4, 0.5) is 0 Å². The SMILES string of the molecule is CC(=O)CCCCn1c(=O)c2c(ncn2C)n(C)c1=O.CCOCCOCCO.O=C(O)c1cncc(C(=O)O)c1. The third-order valence-electron chi connectivity index (χ3n) is 5.41. The Hall–Kier alpha value is -4.21. The highest BCUT2D eigenvalue weighted by Crippen LogP contribution is 2.04. The Bertz CT molecular complexity index is 1370. The summed E-state index contributed by atoms with van der Waals surface area (Å²) in [5.41, 5.74) is -0.152. The van der Waals surface area contributed by atoms with Crippen molar-refractivity contribution in [2.75, 3.05) is 33.0 Å². The first-order valence-electron chi connectivity index (χ1n) is 12.7. The van der Waals surface area contributed by atoms with E-state index in [1.165, 1.54) is 22.4 Å². The molecule has 0 aliphatic heterocycles.